The maximum absolute atomic E-state index is 13.8. The second kappa shape index (κ2) is 13.4. The molecule has 0 bridgehead atoms. The van der Waals surface area contributed by atoms with Gasteiger partial charge in [-0.25, -0.2) is 4.98 Å². The molecular formula is C33H45N5O5. The molecule has 10 nitrogen and oxygen atoms in total. The normalized spacial score (nSPS) is 21.8. The number of piperazine rings is 1. The Morgan fingerprint density at radius 2 is 1.79 bits per heavy atom. The molecule has 1 saturated carbocycles. The summed E-state index contributed by atoms with van der Waals surface area (Å²) in [6.45, 7) is 4.73. The lowest BCUT2D eigenvalue weighted by Gasteiger charge is -2.52. The van der Waals surface area contributed by atoms with E-state index in [1.54, 1.807) is 37.5 Å². The van der Waals surface area contributed by atoms with Gasteiger partial charge in [-0.2, -0.15) is 0 Å². The molecule has 43 heavy (non-hydrogen) atoms. The van der Waals surface area contributed by atoms with Gasteiger partial charge in [0.25, 0.3) is 5.91 Å². The number of rotatable bonds is 10. The fraction of sp³-hybridized carbons (Fsp3) is 0.576. The minimum atomic E-state index is -0.873. The lowest BCUT2D eigenvalue weighted by molar-refractivity contribution is -0.163. The van der Waals surface area contributed by atoms with Crippen LogP contribution in [0.4, 0.5) is 0 Å². The Labute approximate surface area is 254 Å². The quantitative estimate of drug-likeness (QED) is 0.384. The number of hydrogen-bond donors (Lipinski definition) is 3. The molecule has 10 heteroatoms. The highest BCUT2D eigenvalue weighted by Crippen LogP contribution is 2.37. The van der Waals surface area contributed by atoms with Crippen molar-refractivity contribution >= 4 is 17.7 Å². The first-order chi connectivity index (χ1) is 20.7. The maximum atomic E-state index is 13.8. The van der Waals surface area contributed by atoms with Gasteiger partial charge in [-0.3, -0.25) is 19.3 Å². The van der Waals surface area contributed by atoms with Crippen molar-refractivity contribution in [1.82, 2.24) is 25.4 Å². The first-order valence-corrected chi connectivity index (χ1v) is 15.8. The first-order valence-electron chi connectivity index (χ1n) is 15.8. The predicted octanol–water partition coefficient (Wildman–Crippen LogP) is 3.78. The second-order valence-electron chi connectivity index (χ2n) is 12.4. The summed E-state index contributed by atoms with van der Waals surface area (Å²) in [5.74, 6) is 0.797. The number of aliphatic hydroxyl groups is 1. The third-order valence-corrected chi connectivity index (χ3v) is 9.37. The highest BCUT2D eigenvalue weighted by atomic mass is 16.5. The third-order valence-electron chi connectivity index (χ3n) is 9.37. The number of piperidine rings is 1. The summed E-state index contributed by atoms with van der Waals surface area (Å²) >= 11 is 0. The molecule has 0 radical (unpaired) electrons. The Bertz CT molecular complexity index is 1270. The van der Waals surface area contributed by atoms with E-state index in [1.807, 2.05) is 17.0 Å². The molecule has 1 aliphatic carbocycles. The standard InChI is InChI=1S/C33H45N5O5/c1-3-4-18-38-30(40)27(21-32(42)14-6-5-7-15-32)36-31(41)33(38)16-19-37(20-17-33)23-24-8-13-28(35-22-24)43-26-11-9-25(10-12-26)29(39)34-2/h8-13,22,27,42H,3-7,14-21,23H2,1-2H3,(H,34,39)(H,36,41)/t27-/m1/s1. The molecule has 2 saturated heterocycles. The molecule has 2 aliphatic heterocycles. The van der Waals surface area contributed by atoms with Crippen LogP contribution in [0.25, 0.3) is 0 Å². The summed E-state index contributed by atoms with van der Waals surface area (Å²) in [7, 11) is 1.59. The van der Waals surface area contributed by atoms with E-state index in [1.165, 1.54) is 0 Å². The summed E-state index contributed by atoms with van der Waals surface area (Å²) in [5, 5.41) is 16.8. The van der Waals surface area contributed by atoms with Crippen molar-refractivity contribution in [3.63, 3.8) is 0 Å². The van der Waals surface area contributed by atoms with Crippen LogP contribution in [0.3, 0.4) is 0 Å². The number of hydrogen-bond acceptors (Lipinski definition) is 7. The third kappa shape index (κ3) is 7.02. The van der Waals surface area contributed by atoms with Gasteiger partial charge in [0, 0.05) is 57.5 Å². The Kier molecular flexibility index (Phi) is 9.66. The van der Waals surface area contributed by atoms with E-state index in [0.29, 0.717) is 75.5 Å². The molecule has 1 spiro atoms. The van der Waals surface area contributed by atoms with Crippen LogP contribution < -0.4 is 15.4 Å². The Hall–Kier alpha value is -3.50. The van der Waals surface area contributed by atoms with Crippen LogP contribution in [0.1, 0.15) is 87.1 Å². The van der Waals surface area contributed by atoms with Crippen LogP contribution in [0.5, 0.6) is 11.6 Å². The van der Waals surface area contributed by atoms with Gasteiger partial charge < -0.3 is 25.4 Å². The summed E-state index contributed by atoms with van der Waals surface area (Å²) in [6.07, 6.45) is 9.45. The molecule has 5 rings (SSSR count). The largest absolute Gasteiger partial charge is 0.439 e. The number of nitrogens with one attached hydrogen (secondary N) is 2. The summed E-state index contributed by atoms with van der Waals surface area (Å²) in [5.41, 5.74) is -0.117. The zero-order valence-corrected chi connectivity index (χ0v) is 25.4. The number of carbonyl (C=O) groups excluding carboxylic acids is 3. The highest BCUT2D eigenvalue weighted by molar-refractivity contribution is 6.00. The minimum absolute atomic E-state index is 0.0384. The lowest BCUT2D eigenvalue weighted by atomic mass is 9.77. The molecule has 3 fully saturated rings. The molecule has 1 atom stereocenters. The number of benzene rings is 1. The summed E-state index contributed by atoms with van der Waals surface area (Å²) in [6, 6.07) is 10.0. The van der Waals surface area contributed by atoms with Gasteiger partial charge in [-0.05, 0) is 61.9 Å². The van der Waals surface area contributed by atoms with Crippen LogP contribution in [-0.4, -0.2) is 81.5 Å². The molecule has 3 amide bonds. The molecule has 3 heterocycles. The Morgan fingerprint density at radius 3 is 2.42 bits per heavy atom. The summed E-state index contributed by atoms with van der Waals surface area (Å²) < 4.78 is 5.84. The van der Waals surface area contributed by atoms with Gasteiger partial charge in [0.15, 0.2) is 0 Å². The van der Waals surface area contributed by atoms with Crippen molar-refractivity contribution in [2.45, 2.75) is 94.9 Å². The molecule has 1 aromatic heterocycles. The van der Waals surface area contributed by atoms with Crippen molar-refractivity contribution in [1.29, 1.82) is 0 Å². The number of unbranched alkanes of at least 4 members (excludes halogenated alkanes) is 1. The lowest BCUT2D eigenvalue weighted by Crippen LogP contribution is -2.73. The van der Waals surface area contributed by atoms with Crippen molar-refractivity contribution in [3.05, 3.63) is 53.7 Å². The van der Waals surface area contributed by atoms with Gasteiger partial charge in [-0.15, -0.1) is 0 Å². The number of likely N-dealkylation sites (tertiary alicyclic amines) is 1. The van der Waals surface area contributed by atoms with Crippen molar-refractivity contribution in [3.8, 4) is 11.6 Å². The first kappa shape index (κ1) is 30.9. The SMILES string of the molecule is CCCCN1C(=O)[C@@H](CC2(O)CCCCC2)NC(=O)C12CCN(Cc1ccc(Oc3ccc(C(=O)NC)cc3)nc1)CC2. The Morgan fingerprint density at radius 1 is 1.07 bits per heavy atom. The fourth-order valence-corrected chi connectivity index (χ4v) is 6.79. The zero-order valence-electron chi connectivity index (χ0n) is 25.4. The molecule has 1 aromatic carbocycles. The second-order valence-corrected chi connectivity index (χ2v) is 12.4. The average Bonchev–Trinajstić information content (AvgIpc) is 3.02. The van der Waals surface area contributed by atoms with Crippen LogP contribution in [0.2, 0.25) is 0 Å². The molecule has 232 valence electrons. The Balaban J connectivity index is 1.19. The van der Waals surface area contributed by atoms with E-state index in [0.717, 1.165) is 37.7 Å². The molecule has 0 unspecified atom stereocenters. The fourth-order valence-electron chi connectivity index (χ4n) is 6.79. The maximum Gasteiger partial charge on any atom is 0.251 e. The highest BCUT2D eigenvalue weighted by Gasteiger charge is 2.54. The van der Waals surface area contributed by atoms with Gasteiger partial charge in [0.05, 0.1) is 5.60 Å². The van der Waals surface area contributed by atoms with Gasteiger partial charge in [-0.1, -0.05) is 38.7 Å². The van der Waals surface area contributed by atoms with Gasteiger partial charge in [0.2, 0.25) is 17.7 Å². The predicted molar refractivity (Wildman–Crippen MR) is 163 cm³/mol. The molecular weight excluding hydrogens is 546 g/mol. The van der Waals surface area contributed by atoms with Crippen LogP contribution in [0.15, 0.2) is 42.6 Å². The van der Waals surface area contributed by atoms with Crippen molar-refractivity contribution in [2.24, 2.45) is 0 Å². The summed E-state index contributed by atoms with van der Waals surface area (Å²) in [4.78, 5) is 47.9. The number of nitrogens with zero attached hydrogens (tertiary/aromatic N) is 3. The van der Waals surface area contributed by atoms with Crippen LogP contribution in [-0.2, 0) is 16.1 Å². The topological polar surface area (TPSA) is 124 Å². The number of amides is 3. The van der Waals surface area contributed by atoms with Crippen molar-refractivity contribution < 1.29 is 24.2 Å². The van der Waals surface area contributed by atoms with Crippen molar-refractivity contribution in [2.75, 3.05) is 26.7 Å². The number of aromatic nitrogens is 1. The number of carbonyl (C=O) groups is 3. The number of ether oxygens (including phenoxy) is 1. The van der Waals surface area contributed by atoms with E-state index >= 15 is 0 Å². The van der Waals surface area contributed by atoms with E-state index in [-0.39, 0.29) is 17.7 Å². The van der Waals surface area contributed by atoms with Gasteiger partial charge >= 0.3 is 0 Å². The molecule has 3 aliphatic rings. The van der Waals surface area contributed by atoms with E-state index in [4.69, 9.17) is 4.74 Å². The molecule has 3 N–H and O–H groups in total. The monoisotopic (exact) mass is 591 g/mol. The van der Waals surface area contributed by atoms with E-state index < -0.39 is 17.2 Å². The van der Waals surface area contributed by atoms with E-state index in [2.05, 4.69) is 27.4 Å². The minimum Gasteiger partial charge on any atom is -0.439 e. The van der Waals surface area contributed by atoms with Gasteiger partial charge in [0.1, 0.15) is 17.3 Å². The average molecular weight is 592 g/mol. The zero-order chi connectivity index (χ0) is 30.5. The van der Waals surface area contributed by atoms with Crippen LogP contribution in [0, 0.1) is 0 Å². The smallest absolute Gasteiger partial charge is 0.251 e. The van der Waals surface area contributed by atoms with Crippen LogP contribution >= 0.6 is 0 Å². The molecule has 2 aromatic rings. The number of pyridine rings is 1. The van der Waals surface area contributed by atoms with E-state index in [9.17, 15) is 19.5 Å².